The molecule has 0 bridgehead atoms. The number of halogens is 1. The quantitative estimate of drug-likeness (QED) is 0.705. The Bertz CT molecular complexity index is 347. The topological polar surface area (TPSA) is 0 Å². The number of hydrogen-bond acceptors (Lipinski definition) is 0. The Morgan fingerprint density at radius 1 is 1.25 bits per heavy atom. The molecule has 0 atom stereocenters. The normalized spacial score (nSPS) is 12.2. The van der Waals surface area contributed by atoms with Gasteiger partial charge in [-0.2, -0.15) is 0 Å². The standard InChI is InChI=1S/C15H22Br/c1-10(2)7-13-11(3)8-12(9-14(13)16)15(4,5)6/h8-10H,3,7H2,1-2,4-6H3. The van der Waals surface area contributed by atoms with Gasteiger partial charge >= 0.3 is 0 Å². The zero-order valence-electron chi connectivity index (χ0n) is 11.0. The van der Waals surface area contributed by atoms with E-state index < -0.39 is 0 Å². The maximum Gasteiger partial charge on any atom is 0.0213 e. The summed E-state index contributed by atoms with van der Waals surface area (Å²) in [5.41, 5.74) is 4.04. The molecular weight excluding hydrogens is 260 g/mol. The highest BCUT2D eigenvalue weighted by molar-refractivity contribution is 9.10. The second kappa shape index (κ2) is 4.91. The third-order valence-corrected chi connectivity index (χ3v) is 3.47. The van der Waals surface area contributed by atoms with Gasteiger partial charge in [0, 0.05) is 4.47 Å². The highest BCUT2D eigenvalue weighted by Gasteiger charge is 2.17. The van der Waals surface area contributed by atoms with Gasteiger partial charge in [0.1, 0.15) is 0 Å². The average molecular weight is 282 g/mol. The lowest BCUT2D eigenvalue weighted by molar-refractivity contribution is 0.587. The van der Waals surface area contributed by atoms with E-state index in [1.165, 1.54) is 15.6 Å². The van der Waals surface area contributed by atoms with Crippen LogP contribution in [0.15, 0.2) is 16.6 Å². The van der Waals surface area contributed by atoms with Crippen LogP contribution in [0, 0.1) is 12.8 Å². The van der Waals surface area contributed by atoms with Crippen molar-refractivity contribution in [2.24, 2.45) is 5.92 Å². The summed E-state index contributed by atoms with van der Waals surface area (Å²) in [4.78, 5) is 0. The molecule has 89 valence electrons. The molecule has 1 aromatic rings. The molecule has 16 heavy (non-hydrogen) atoms. The minimum absolute atomic E-state index is 0.186. The lowest BCUT2D eigenvalue weighted by Crippen LogP contribution is -2.12. The van der Waals surface area contributed by atoms with Crippen LogP contribution in [-0.2, 0) is 11.8 Å². The van der Waals surface area contributed by atoms with Crippen LogP contribution in [0.2, 0.25) is 0 Å². The van der Waals surface area contributed by atoms with Gasteiger partial charge in [-0.1, -0.05) is 56.6 Å². The molecule has 0 N–H and O–H groups in total. The van der Waals surface area contributed by atoms with Crippen LogP contribution in [0.25, 0.3) is 0 Å². The molecule has 0 aliphatic carbocycles. The third kappa shape index (κ3) is 3.35. The summed E-state index contributed by atoms with van der Waals surface area (Å²) in [5.74, 6) is 0.664. The van der Waals surface area contributed by atoms with Crippen molar-refractivity contribution < 1.29 is 0 Å². The highest BCUT2D eigenvalue weighted by Crippen LogP contribution is 2.31. The zero-order chi connectivity index (χ0) is 12.5. The van der Waals surface area contributed by atoms with E-state index in [4.69, 9.17) is 0 Å². The van der Waals surface area contributed by atoms with E-state index in [-0.39, 0.29) is 5.41 Å². The first-order valence-corrected chi connectivity index (χ1v) is 6.66. The summed E-state index contributed by atoms with van der Waals surface area (Å²) in [7, 11) is 0. The lowest BCUT2D eigenvalue weighted by atomic mass is 9.84. The van der Waals surface area contributed by atoms with E-state index in [0.29, 0.717) is 5.92 Å². The van der Waals surface area contributed by atoms with Gasteiger partial charge in [-0.15, -0.1) is 0 Å². The molecule has 0 unspecified atom stereocenters. The molecule has 0 aliphatic rings. The van der Waals surface area contributed by atoms with Crippen molar-refractivity contribution in [3.63, 3.8) is 0 Å². The van der Waals surface area contributed by atoms with Crippen LogP contribution in [-0.4, -0.2) is 0 Å². The molecule has 1 aromatic carbocycles. The number of rotatable bonds is 2. The van der Waals surface area contributed by atoms with Crippen LogP contribution < -0.4 is 0 Å². The molecule has 0 amide bonds. The first kappa shape index (κ1) is 13.8. The van der Waals surface area contributed by atoms with Crippen LogP contribution in [0.1, 0.15) is 51.3 Å². The van der Waals surface area contributed by atoms with Gasteiger partial charge in [-0.3, -0.25) is 0 Å². The van der Waals surface area contributed by atoms with E-state index in [9.17, 15) is 0 Å². The van der Waals surface area contributed by atoms with Gasteiger partial charge in [0.25, 0.3) is 0 Å². The van der Waals surface area contributed by atoms with Gasteiger partial charge in [0.2, 0.25) is 0 Å². The van der Waals surface area contributed by atoms with Gasteiger partial charge in [-0.25, -0.2) is 0 Å². The Morgan fingerprint density at radius 3 is 2.19 bits per heavy atom. The van der Waals surface area contributed by atoms with E-state index >= 15 is 0 Å². The predicted octanol–water partition coefficient (Wildman–Crippen LogP) is 5.13. The Hall–Kier alpha value is -0.300. The highest BCUT2D eigenvalue weighted by atomic mass is 79.9. The molecule has 1 rings (SSSR count). The molecule has 0 saturated heterocycles. The Balaban J connectivity index is 3.18. The molecule has 0 fully saturated rings. The zero-order valence-corrected chi connectivity index (χ0v) is 12.6. The molecule has 0 saturated carbocycles. The third-order valence-electron chi connectivity index (χ3n) is 2.77. The van der Waals surface area contributed by atoms with Crippen molar-refractivity contribution in [3.8, 4) is 0 Å². The Morgan fingerprint density at radius 2 is 1.81 bits per heavy atom. The first-order chi connectivity index (χ1) is 7.21. The molecular formula is C15H22Br. The monoisotopic (exact) mass is 281 g/mol. The molecule has 0 aromatic heterocycles. The molecule has 0 nitrogen and oxygen atoms in total. The SMILES string of the molecule is [CH2]c1cc(C(C)(C)C)cc(Br)c1CC(C)C. The van der Waals surface area contributed by atoms with Crippen molar-refractivity contribution in [1.29, 1.82) is 0 Å². The largest absolute Gasteiger partial charge is 0.0625 e. The fourth-order valence-corrected chi connectivity index (χ4v) is 2.43. The van der Waals surface area contributed by atoms with Crippen molar-refractivity contribution in [3.05, 3.63) is 40.2 Å². The summed E-state index contributed by atoms with van der Waals surface area (Å²) in [6.45, 7) is 15.4. The maximum absolute atomic E-state index is 4.18. The van der Waals surface area contributed by atoms with Crippen molar-refractivity contribution in [1.82, 2.24) is 0 Å². The summed E-state index contributed by atoms with van der Waals surface area (Å²) >= 11 is 3.68. The average Bonchev–Trinajstić information content (AvgIpc) is 2.09. The Labute approximate surface area is 109 Å². The smallest absolute Gasteiger partial charge is 0.0213 e. The second-order valence-electron chi connectivity index (χ2n) is 5.94. The lowest BCUT2D eigenvalue weighted by Gasteiger charge is -2.22. The van der Waals surface area contributed by atoms with Crippen molar-refractivity contribution in [2.45, 2.75) is 46.5 Å². The van der Waals surface area contributed by atoms with E-state index in [0.717, 1.165) is 12.0 Å². The minimum Gasteiger partial charge on any atom is -0.0625 e. The fourth-order valence-electron chi connectivity index (χ4n) is 1.76. The number of benzene rings is 1. The van der Waals surface area contributed by atoms with E-state index in [2.05, 4.69) is 69.6 Å². The van der Waals surface area contributed by atoms with Gasteiger partial charge in [-0.05, 0) is 47.4 Å². The summed E-state index contributed by atoms with van der Waals surface area (Å²) in [5, 5.41) is 0. The summed E-state index contributed by atoms with van der Waals surface area (Å²) < 4.78 is 1.21. The van der Waals surface area contributed by atoms with Gasteiger partial charge in [0.15, 0.2) is 0 Å². The van der Waals surface area contributed by atoms with Gasteiger partial charge in [0.05, 0.1) is 0 Å². The van der Waals surface area contributed by atoms with E-state index in [1.54, 1.807) is 0 Å². The Kier molecular flexibility index (Phi) is 4.23. The molecule has 1 heteroatoms. The fraction of sp³-hybridized carbons (Fsp3) is 0.533. The van der Waals surface area contributed by atoms with Crippen LogP contribution >= 0.6 is 15.9 Å². The summed E-state index contributed by atoms with van der Waals surface area (Å²) in [6.07, 6.45) is 1.09. The number of hydrogen-bond donors (Lipinski definition) is 0. The second-order valence-corrected chi connectivity index (χ2v) is 6.80. The van der Waals surface area contributed by atoms with Gasteiger partial charge < -0.3 is 0 Å². The van der Waals surface area contributed by atoms with Crippen LogP contribution in [0.4, 0.5) is 0 Å². The predicted molar refractivity (Wildman–Crippen MR) is 75.8 cm³/mol. The molecule has 0 heterocycles. The van der Waals surface area contributed by atoms with Crippen LogP contribution in [0.3, 0.4) is 0 Å². The van der Waals surface area contributed by atoms with E-state index in [1.807, 2.05) is 0 Å². The summed E-state index contributed by atoms with van der Waals surface area (Å²) in [6, 6.07) is 4.47. The molecule has 0 spiro atoms. The first-order valence-electron chi connectivity index (χ1n) is 5.86. The molecule has 0 aliphatic heterocycles. The molecule has 1 radical (unpaired) electrons. The van der Waals surface area contributed by atoms with Crippen molar-refractivity contribution in [2.75, 3.05) is 0 Å². The van der Waals surface area contributed by atoms with Crippen molar-refractivity contribution >= 4 is 15.9 Å². The minimum atomic E-state index is 0.186. The van der Waals surface area contributed by atoms with Crippen LogP contribution in [0.5, 0.6) is 0 Å². The maximum atomic E-state index is 4.18.